The Labute approximate surface area is 129 Å². The van der Waals surface area contributed by atoms with E-state index in [0.717, 1.165) is 5.92 Å². The normalized spacial score (nSPS) is 23.7. The fourth-order valence-corrected chi connectivity index (χ4v) is 3.63. The lowest BCUT2D eigenvalue weighted by Gasteiger charge is -2.33. The summed E-state index contributed by atoms with van der Waals surface area (Å²) in [5.41, 5.74) is 4.34. The largest absolute Gasteiger partial charge is 0.313 e. The van der Waals surface area contributed by atoms with E-state index >= 15 is 0 Å². The van der Waals surface area contributed by atoms with Crippen molar-refractivity contribution in [2.75, 3.05) is 19.6 Å². The molecule has 1 aromatic carbocycles. The average molecular weight is 286 g/mol. The van der Waals surface area contributed by atoms with Gasteiger partial charge in [0.05, 0.1) is 0 Å². The summed E-state index contributed by atoms with van der Waals surface area (Å²) in [5, 5.41) is 3.67. The predicted molar refractivity (Wildman–Crippen MR) is 89.7 cm³/mol. The van der Waals surface area contributed by atoms with Gasteiger partial charge in [-0.05, 0) is 70.0 Å². The van der Waals surface area contributed by atoms with Gasteiger partial charge in [-0.1, -0.05) is 23.8 Å². The fourth-order valence-electron chi connectivity index (χ4n) is 3.63. The minimum atomic E-state index is 0.535. The van der Waals surface area contributed by atoms with Crippen LogP contribution < -0.4 is 5.32 Å². The molecule has 1 aromatic rings. The summed E-state index contributed by atoms with van der Waals surface area (Å²) in [4.78, 5) is 2.74. The topological polar surface area (TPSA) is 15.3 Å². The van der Waals surface area contributed by atoms with Gasteiger partial charge >= 0.3 is 0 Å². The van der Waals surface area contributed by atoms with Crippen molar-refractivity contribution in [3.63, 3.8) is 0 Å². The molecular formula is C19H30N2. The maximum atomic E-state index is 3.67. The molecule has 1 saturated heterocycles. The lowest BCUT2D eigenvalue weighted by molar-refractivity contribution is 0.183. The highest BCUT2D eigenvalue weighted by atomic mass is 15.2. The second-order valence-electron chi connectivity index (χ2n) is 7.23. The molecule has 0 amide bonds. The van der Waals surface area contributed by atoms with Crippen LogP contribution in [0.3, 0.4) is 0 Å². The molecule has 1 N–H and O–H groups in total. The molecule has 0 bridgehead atoms. The molecule has 1 heterocycles. The molecule has 2 nitrogen and oxygen atoms in total. The molecule has 2 fully saturated rings. The molecule has 116 valence electrons. The van der Waals surface area contributed by atoms with Gasteiger partial charge in [0.1, 0.15) is 0 Å². The van der Waals surface area contributed by atoms with Gasteiger partial charge in [-0.25, -0.2) is 0 Å². The quantitative estimate of drug-likeness (QED) is 0.855. The molecule has 1 aliphatic carbocycles. The zero-order valence-electron chi connectivity index (χ0n) is 13.9. The molecule has 0 spiro atoms. The van der Waals surface area contributed by atoms with E-state index in [1.165, 1.54) is 62.0 Å². The van der Waals surface area contributed by atoms with Crippen LogP contribution >= 0.6 is 0 Å². The number of hydrogen-bond donors (Lipinski definition) is 1. The average Bonchev–Trinajstić information content (AvgIpc) is 3.13. The van der Waals surface area contributed by atoms with Crippen molar-refractivity contribution >= 4 is 0 Å². The van der Waals surface area contributed by atoms with Crippen LogP contribution in [0, 0.1) is 19.8 Å². The Balaban J connectivity index is 1.74. The summed E-state index contributed by atoms with van der Waals surface area (Å²) in [6.45, 7) is 10.6. The van der Waals surface area contributed by atoms with Gasteiger partial charge in [0.25, 0.3) is 0 Å². The number of nitrogens with one attached hydrogen (secondary N) is 1. The van der Waals surface area contributed by atoms with E-state index in [2.05, 4.69) is 49.2 Å². The first-order chi connectivity index (χ1) is 10.1. The lowest BCUT2D eigenvalue weighted by atomic mass is 9.98. The number of benzene rings is 1. The Morgan fingerprint density at radius 2 is 2.00 bits per heavy atom. The van der Waals surface area contributed by atoms with E-state index in [1.807, 2.05) is 0 Å². The zero-order chi connectivity index (χ0) is 14.8. The molecule has 2 aliphatic rings. The summed E-state index contributed by atoms with van der Waals surface area (Å²) >= 11 is 0. The summed E-state index contributed by atoms with van der Waals surface area (Å²) in [6.07, 6.45) is 5.57. The standard InChI is InChI=1S/C19H30N2/c1-14-6-7-15(2)19(11-14)16(3)21(12-17-8-9-17)13-18-5-4-10-20-18/h6-7,11,16-18,20H,4-5,8-10,12-13H2,1-3H3. The minimum Gasteiger partial charge on any atom is -0.313 e. The summed E-state index contributed by atoms with van der Waals surface area (Å²) in [5.74, 6) is 0.957. The van der Waals surface area contributed by atoms with Crippen LogP contribution in [0.15, 0.2) is 18.2 Å². The fraction of sp³-hybridized carbons (Fsp3) is 0.684. The first-order valence-electron chi connectivity index (χ1n) is 8.68. The highest BCUT2D eigenvalue weighted by Gasteiger charge is 2.29. The third kappa shape index (κ3) is 3.87. The van der Waals surface area contributed by atoms with Crippen molar-refractivity contribution in [1.82, 2.24) is 10.2 Å². The first-order valence-corrected chi connectivity index (χ1v) is 8.68. The molecule has 0 aromatic heterocycles. The van der Waals surface area contributed by atoms with Crippen molar-refractivity contribution in [2.45, 2.75) is 58.5 Å². The zero-order valence-corrected chi connectivity index (χ0v) is 13.9. The second kappa shape index (κ2) is 6.50. The van der Waals surface area contributed by atoms with Crippen LogP contribution in [0.1, 0.15) is 55.3 Å². The van der Waals surface area contributed by atoms with Gasteiger partial charge in [-0.15, -0.1) is 0 Å². The molecule has 21 heavy (non-hydrogen) atoms. The smallest absolute Gasteiger partial charge is 0.0323 e. The highest BCUT2D eigenvalue weighted by Crippen LogP contribution is 2.34. The van der Waals surface area contributed by atoms with Crippen molar-refractivity contribution in [3.05, 3.63) is 34.9 Å². The minimum absolute atomic E-state index is 0.535. The van der Waals surface area contributed by atoms with Crippen LogP contribution in [0.25, 0.3) is 0 Å². The van der Waals surface area contributed by atoms with E-state index in [1.54, 1.807) is 0 Å². The Kier molecular flexibility index (Phi) is 4.66. The maximum absolute atomic E-state index is 3.67. The molecule has 3 rings (SSSR count). The lowest BCUT2D eigenvalue weighted by Crippen LogP contribution is -2.40. The highest BCUT2D eigenvalue weighted by molar-refractivity contribution is 5.32. The summed E-state index contributed by atoms with van der Waals surface area (Å²) < 4.78 is 0. The van der Waals surface area contributed by atoms with Gasteiger partial charge in [0, 0.05) is 25.2 Å². The van der Waals surface area contributed by atoms with Crippen molar-refractivity contribution < 1.29 is 0 Å². The molecule has 1 aliphatic heterocycles. The predicted octanol–water partition coefficient (Wildman–Crippen LogP) is 3.83. The van der Waals surface area contributed by atoms with E-state index < -0.39 is 0 Å². The Hall–Kier alpha value is -0.860. The van der Waals surface area contributed by atoms with Crippen molar-refractivity contribution in [2.24, 2.45) is 5.92 Å². The van der Waals surface area contributed by atoms with Crippen LogP contribution in [0.5, 0.6) is 0 Å². The summed E-state index contributed by atoms with van der Waals surface area (Å²) in [7, 11) is 0. The van der Waals surface area contributed by atoms with E-state index in [0.29, 0.717) is 12.1 Å². The SMILES string of the molecule is Cc1ccc(C)c(C(C)N(CC2CC2)CC2CCCN2)c1. The van der Waals surface area contributed by atoms with Crippen molar-refractivity contribution in [3.8, 4) is 0 Å². The van der Waals surface area contributed by atoms with Crippen LogP contribution in [-0.4, -0.2) is 30.6 Å². The van der Waals surface area contributed by atoms with Crippen molar-refractivity contribution in [1.29, 1.82) is 0 Å². The van der Waals surface area contributed by atoms with Crippen LogP contribution in [0.2, 0.25) is 0 Å². The summed E-state index contributed by atoms with van der Waals surface area (Å²) in [6, 6.07) is 8.14. The van der Waals surface area contributed by atoms with Gasteiger partial charge < -0.3 is 5.32 Å². The third-order valence-electron chi connectivity index (χ3n) is 5.24. The number of rotatable bonds is 6. The first kappa shape index (κ1) is 15.1. The van der Waals surface area contributed by atoms with E-state index in [-0.39, 0.29) is 0 Å². The number of hydrogen-bond acceptors (Lipinski definition) is 2. The molecular weight excluding hydrogens is 256 g/mol. The molecule has 2 atom stereocenters. The maximum Gasteiger partial charge on any atom is 0.0323 e. The number of aryl methyl sites for hydroxylation is 2. The van der Waals surface area contributed by atoms with Gasteiger partial charge in [-0.2, -0.15) is 0 Å². The Bertz CT molecular complexity index is 472. The molecule has 2 heteroatoms. The molecule has 0 radical (unpaired) electrons. The Morgan fingerprint density at radius 3 is 2.67 bits per heavy atom. The van der Waals surface area contributed by atoms with Crippen LogP contribution in [0.4, 0.5) is 0 Å². The van der Waals surface area contributed by atoms with E-state index in [4.69, 9.17) is 0 Å². The molecule has 1 saturated carbocycles. The second-order valence-corrected chi connectivity index (χ2v) is 7.23. The third-order valence-corrected chi connectivity index (χ3v) is 5.24. The van der Waals surface area contributed by atoms with Gasteiger partial charge in [-0.3, -0.25) is 4.90 Å². The number of nitrogens with zero attached hydrogens (tertiary/aromatic N) is 1. The van der Waals surface area contributed by atoms with E-state index in [9.17, 15) is 0 Å². The van der Waals surface area contributed by atoms with Gasteiger partial charge in [0.2, 0.25) is 0 Å². The van der Waals surface area contributed by atoms with Gasteiger partial charge in [0.15, 0.2) is 0 Å². The Morgan fingerprint density at radius 1 is 1.19 bits per heavy atom. The van der Waals surface area contributed by atoms with Crippen LogP contribution in [-0.2, 0) is 0 Å². The monoisotopic (exact) mass is 286 g/mol. The molecule has 2 unspecified atom stereocenters.